The van der Waals surface area contributed by atoms with Gasteiger partial charge in [0.25, 0.3) is 0 Å². The lowest BCUT2D eigenvalue weighted by Gasteiger charge is -2.50. The summed E-state index contributed by atoms with van der Waals surface area (Å²) in [5.74, 6) is -5.95. The molecule has 102 heavy (non-hydrogen) atoms. The molecule has 10 N–H and O–H groups in total. The molecule has 0 aliphatic carbocycles. The molecule has 0 aromatic carbocycles. The molecule has 27 nitrogen and oxygen atoms in total. The van der Waals surface area contributed by atoms with Crippen molar-refractivity contribution >= 4 is 29.8 Å². The molecule has 586 valence electrons. The number of rotatable bonds is 16. The molecule has 0 spiro atoms. The van der Waals surface area contributed by atoms with E-state index in [2.05, 4.69) is 0 Å². The summed E-state index contributed by atoms with van der Waals surface area (Å²) in [5, 5.41) is 109. The average molecular weight is 1460 g/mol. The summed E-state index contributed by atoms with van der Waals surface area (Å²) >= 11 is 0. The van der Waals surface area contributed by atoms with Crippen molar-refractivity contribution in [3.63, 3.8) is 0 Å². The van der Waals surface area contributed by atoms with Crippen LogP contribution in [0.2, 0.25) is 0 Å². The number of cyclic esters (lactones) is 2. The minimum Gasteiger partial charge on any atom is -0.462 e. The molecule has 0 bridgehead atoms. The fourth-order valence-corrected chi connectivity index (χ4v) is 15.2. The number of likely N-dealkylation sites (N-methyl/N-ethyl adjacent to an activating group) is 2. The smallest absolute Gasteiger partial charge is 0.308 e. The summed E-state index contributed by atoms with van der Waals surface area (Å²) in [4.78, 5) is 68.4. The molecule has 10 unspecified atom stereocenters. The van der Waals surface area contributed by atoms with Gasteiger partial charge in [-0.05, 0) is 133 Å². The normalized spacial score (nSPS) is 45.5. The van der Waals surface area contributed by atoms with E-state index in [1.807, 2.05) is 34.6 Å². The van der Waals surface area contributed by atoms with Gasteiger partial charge in [0, 0.05) is 54.8 Å². The molecule has 0 aromatic rings. The number of carbonyl (C=O) groups excluding carboxylic acids is 5. The van der Waals surface area contributed by atoms with Crippen LogP contribution in [0.1, 0.15) is 162 Å². The molecular weight excluding hydrogens is 1330 g/mol. The van der Waals surface area contributed by atoms with Crippen LogP contribution in [-0.2, 0) is 71.3 Å². The van der Waals surface area contributed by atoms with Gasteiger partial charge in [0.1, 0.15) is 55.1 Å². The molecule has 6 aliphatic rings. The summed E-state index contributed by atoms with van der Waals surface area (Å²) in [5.41, 5.74) is -1.47. The van der Waals surface area contributed by atoms with Gasteiger partial charge in [-0.25, -0.2) is 0 Å². The first-order valence-electron chi connectivity index (χ1n) is 36.6. The van der Waals surface area contributed by atoms with Crippen molar-refractivity contribution in [2.45, 2.75) is 308 Å². The fourth-order valence-electron chi connectivity index (χ4n) is 15.2. The minimum atomic E-state index is -1.47. The molecule has 0 saturated carbocycles. The van der Waals surface area contributed by atoms with Crippen LogP contribution in [0.15, 0.2) is 47.6 Å². The van der Waals surface area contributed by atoms with E-state index in [0.29, 0.717) is 24.8 Å². The van der Waals surface area contributed by atoms with Gasteiger partial charge in [-0.15, -0.1) is 0 Å². The van der Waals surface area contributed by atoms with Crippen LogP contribution in [0.5, 0.6) is 0 Å². The third-order valence-corrected chi connectivity index (χ3v) is 21.5. The van der Waals surface area contributed by atoms with Gasteiger partial charge in [0.2, 0.25) is 0 Å². The Morgan fingerprint density at radius 2 is 0.902 bits per heavy atom. The lowest BCUT2D eigenvalue weighted by molar-refractivity contribution is -0.341. The van der Waals surface area contributed by atoms with Crippen molar-refractivity contribution in [1.82, 2.24) is 9.80 Å². The van der Waals surface area contributed by atoms with Crippen LogP contribution in [0.3, 0.4) is 0 Å². The van der Waals surface area contributed by atoms with Gasteiger partial charge >= 0.3 is 11.9 Å². The Morgan fingerprint density at radius 3 is 1.25 bits per heavy atom. The van der Waals surface area contributed by atoms with Gasteiger partial charge in [-0.2, -0.15) is 0 Å². The van der Waals surface area contributed by atoms with Crippen LogP contribution >= 0.6 is 0 Å². The largest absolute Gasteiger partial charge is 0.462 e. The zero-order valence-electron chi connectivity index (χ0n) is 63.6. The summed E-state index contributed by atoms with van der Waals surface area (Å²) < 4.78 is 61.5. The van der Waals surface area contributed by atoms with Crippen LogP contribution < -0.4 is 0 Å². The van der Waals surface area contributed by atoms with E-state index in [4.69, 9.17) is 47.4 Å². The number of esters is 2. The number of ether oxygens (including phenoxy) is 10. The van der Waals surface area contributed by atoms with Gasteiger partial charge in [0.05, 0.1) is 98.2 Å². The van der Waals surface area contributed by atoms with E-state index < -0.39 is 206 Å². The highest BCUT2D eigenvalue weighted by Crippen LogP contribution is 2.40. The second-order valence-electron chi connectivity index (χ2n) is 30.8. The summed E-state index contributed by atoms with van der Waals surface area (Å²) in [7, 11) is 7.09. The zero-order chi connectivity index (χ0) is 76.7. The second-order valence-corrected chi connectivity index (χ2v) is 30.8. The molecule has 4 saturated heterocycles. The number of hydrogen-bond acceptors (Lipinski definition) is 27. The number of ketones is 2. The number of carbonyl (C=O) groups is 5. The molecule has 6 rings (SSSR count). The fraction of sp³-hybridized carbons (Fsp3) is 0.827. The Labute approximate surface area is 603 Å². The molecule has 0 radical (unpaired) electrons. The standard InChI is InChI=1S/C38H63NO13.C37H63NO12/c1-10-29-26(19-41)15-20(2)11-12-27(42)21(3)16-25(13-14-40)34(22(4)28(43)17-30(44)50-29)52-37-33(45)32(39(8)9)35(23(5)49-37)51-31-18-38(7,47)36(46)24(6)48-31;1-11-28-25(18-39)14-19(2)12-13-26(40)20(3)15-21(4)33(22(5)27(41)16-29(42)48-28)50-36-32(43)31(38(9)10)34(23(6)47-36)49-30-17-37(8,45)35(44)24(7)46-30/h11-12,14-15,21-26,28-29,31-37,41,43,45-47H,10,13,16-19H2,1-9H3;12-14,20-25,27-28,30-36,39,41,43-45H,11,15-18H2,1-10H3/b12-11+,20-15+;13-12+,19-14+/t21-,22+,23+,24-,25+,26-,28-,29-,31+,32?,33?,34-,35?,36?,37+,38?;20-,21+,22+,23+,24-,25-,27-,28-,30+,31?,32?,33+,34?,35?,36+,37?/m11/s1. The highest BCUT2D eigenvalue weighted by atomic mass is 16.7. The monoisotopic (exact) mass is 1450 g/mol. The first-order valence-corrected chi connectivity index (χ1v) is 36.6. The molecule has 27 heteroatoms. The number of allylic oxidation sites excluding steroid dienone is 6. The third-order valence-electron chi connectivity index (χ3n) is 21.5. The van der Waals surface area contributed by atoms with Gasteiger partial charge in [0.15, 0.2) is 36.7 Å². The van der Waals surface area contributed by atoms with Gasteiger partial charge in [-0.1, -0.05) is 83.9 Å². The van der Waals surface area contributed by atoms with Crippen molar-refractivity contribution in [2.75, 3.05) is 41.4 Å². The maximum Gasteiger partial charge on any atom is 0.308 e. The second kappa shape index (κ2) is 39.8. The lowest BCUT2D eigenvalue weighted by atomic mass is 9.79. The Morgan fingerprint density at radius 1 is 0.529 bits per heavy atom. The van der Waals surface area contributed by atoms with Gasteiger partial charge in [-0.3, -0.25) is 19.2 Å². The zero-order valence-corrected chi connectivity index (χ0v) is 63.6. The van der Waals surface area contributed by atoms with Crippen LogP contribution in [-0.4, -0.2) is 278 Å². The lowest BCUT2D eigenvalue weighted by Crippen LogP contribution is -2.65. The molecule has 0 aromatic heterocycles. The summed E-state index contributed by atoms with van der Waals surface area (Å²) in [6.07, 6.45) is -7.54. The Balaban J connectivity index is 0.000000367. The number of nitrogens with zero attached hydrogens (tertiary/aromatic N) is 2. The van der Waals surface area contributed by atoms with E-state index in [1.54, 1.807) is 118 Å². The van der Waals surface area contributed by atoms with Crippen molar-refractivity contribution in [3.8, 4) is 0 Å². The number of aliphatic hydroxyl groups excluding tert-OH is 8. The maximum absolute atomic E-state index is 13.3. The predicted molar refractivity (Wildman–Crippen MR) is 374 cm³/mol. The highest BCUT2D eigenvalue weighted by Gasteiger charge is 2.54. The van der Waals surface area contributed by atoms with E-state index in [1.165, 1.54) is 26.0 Å². The van der Waals surface area contributed by atoms with E-state index >= 15 is 0 Å². The quantitative estimate of drug-likeness (QED) is 0.0776. The number of hydrogen-bond donors (Lipinski definition) is 10. The predicted octanol–water partition coefficient (Wildman–Crippen LogP) is 3.78. The highest BCUT2D eigenvalue weighted by molar-refractivity contribution is 5.92. The van der Waals surface area contributed by atoms with Crippen molar-refractivity contribution in [2.24, 2.45) is 47.3 Å². The minimum absolute atomic E-state index is 0.0108. The van der Waals surface area contributed by atoms with E-state index in [0.717, 1.165) is 11.9 Å². The van der Waals surface area contributed by atoms with Crippen molar-refractivity contribution < 1.29 is 122 Å². The molecule has 6 aliphatic heterocycles. The number of aliphatic hydroxyl groups is 10. The van der Waals surface area contributed by atoms with E-state index in [-0.39, 0.29) is 62.8 Å². The molecule has 6 heterocycles. The topological polar surface area (TPSA) is 386 Å². The first-order chi connectivity index (χ1) is 47.6. The maximum atomic E-state index is 13.3. The van der Waals surface area contributed by atoms with Gasteiger partial charge < -0.3 is 113 Å². The summed E-state index contributed by atoms with van der Waals surface area (Å²) in [6.45, 7) is 25.5. The molecule has 4 fully saturated rings. The Hall–Kier alpha value is -3.89. The Kier molecular flexibility index (Phi) is 34.6. The van der Waals surface area contributed by atoms with Crippen molar-refractivity contribution in [3.05, 3.63) is 47.6 Å². The first kappa shape index (κ1) is 88.7. The Bertz CT molecular complexity index is 2780. The average Bonchev–Trinajstić information content (AvgIpc) is 0.783. The molecule has 32 atom stereocenters. The molecular formula is C75H126N2O25. The molecule has 0 amide bonds. The third kappa shape index (κ3) is 23.8. The SMILES string of the molecule is CC[C@H]1OC(=O)C[C@@H](O)[C@H](C)[C@@H](O[C@@H]2O[C@@H](C)C(O[C@H]3CC(C)(O)C(O)[C@@H](C)O3)C(N(C)C)C2O)[C@@H](C)C[C@@H](C)C(=O)/C=C/C(C)=C/[C@@H]1CO.CC[C@H]1OC(=O)C[C@@H](O)[C@H](C)[C@@H](O[C@@H]2O[C@@H](C)C(O[C@H]3CC(C)(O)C(O)[C@@H](C)O3)C(N(C)C)C2O)[C@@H](CC=O)C[C@@H](C)C(=O)/C=C/C(C)=C/[C@@H]1CO. The van der Waals surface area contributed by atoms with Crippen LogP contribution in [0, 0.1) is 47.3 Å². The number of aldehydes is 1. The van der Waals surface area contributed by atoms with Crippen molar-refractivity contribution in [1.29, 1.82) is 0 Å². The summed E-state index contributed by atoms with van der Waals surface area (Å²) in [6, 6.07) is -1.37. The van der Waals surface area contributed by atoms with E-state index in [9.17, 15) is 75.0 Å². The van der Waals surface area contributed by atoms with Crippen LogP contribution in [0.4, 0.5) is 0 Å². The van der Waals surface area contributed by atoms with Crippen LogP contribution in [0.25, 0.3) is 0 Å².